The third kappa shape index (κ3) is 4.75. The molecule has 2 N–H and O–H groups in total. The zero-order valence-electron chi connectivity index (χ0n) is 19.8. The Morgan fingerprint density at radius 2 is 1.60 bits per heavy atom. The Bertz CT molecular complexity index is 1180. The minimum absolute atomic E-state index is 0.268. The van der Waals surface area contributed by atoms with Crippen molar-refractivity contribution in [1.29, 1.82) is 0 Å². The lowest BCUT2D eigenvalue weighted by molar-refractivity contribution is 0.0479. The van der Waals surface area contributed by atoms with E-state index in [1.807, 2.05) is 19.1 Å². The number of hydrogen-bond acceptors (Lipinski definition) is 8. The molecule has 35 heavy (non-hydrogen) atoms. The Kier molecular flexibility index (Phi) is 6.46. The highest BCUT2D eigenvalue weighted by Gasteiger charge is 2.28. The van der Waals surface area contributed by atoms with Crippen molar-refractivity contribution < 1.29 is 29.3 Å². The molecule has 0 unspecified atom stereocenters. The van der Waals surface area contributed by atoms with E-state index < -0.39 is 18.2 Å². The minimum atomic E-state index is -0.664. The number of esters is 2. The predicted octanol–water partition coefficient (Wildman–Crippen LogP) is 2.28. The number of ether oxygens (including phenoxy) is 2. The number of benzene rings is 2. The van der Waals surface area contributed by atoms with Gasteiger partial charge in [0, 0.05) is 51.3 Å². The van der Waals surface area contributed by atoms with Crippen molar-refractivity contribution >= 4 is 11.9 Å². The summed E-state index contributed by atoms with van der Waals surface area (Å²) in [6, 6.07) is 8.93. The van der Waals surface area contributed by atoms with E-state index in [0.717, 1.165) is 54.0 Å². The number of carbonyl (C=O) groups is 2. The first-order valence-corrected chi connectivity index (χ1v) is 11.9. The highest BCUT2D eigenvalue weighted by molar-refractivity contribution is 5.94. The Labute approximate surface area is 204 Å². The summed E-state index contributed by atoms with van der Waals surface area (Å²) in [5, 5.41) is 21.7. The van der Waals surface area contributed by atoms with Crippen LogP contribution in [0.2, 0.25) is 0 Å². The van der Waals surface area contributed by atoms with Gasteiger partial charge in [0.1, 0.15) is 12.4 Å². The molecular formula is C27H30N2O6. The molecule has 3 aliphatic heterocycles. The third-order valence-electron chi connectivity index (χ3n) is 7.25. The van der Waals surface area contributed by atoms with Crippen molar-refractivity contribution in [2.24, 2.45) is 0 Å². The molecule has 2 aromatic carbocycles. The number of hydrogen-bond donors (Lipinski definition) is 2. The average molecular weight is 479 g/mol. The van der Waals surface area contributed by atoms with Gasteiger partial charge in [0.05, 0.1) is 23.3 Å². The van der Waals surface area contributed by atoms with E-state index in [4.69, 9.17) is 9.47 Å². The highest BCUT2D eigenvalue weighted by Crippen LogP contribution is 2.30. The zero-order valence-corrected chi connectivity index (χ0v) is 19.8. The van der Waals surface area contributed by atoms with E-state index in [9.17, 15) is 19.8 Å². The molecule has 184 valence electrons. The summed E-state index contributed by atoms with van der Waals surface area (Å²) in [7, 11) is 0. The number of fused-ring (bicyclic) bond motifs is 2. The number of carbonyl (C=O) groups excluding carboxylic acids is 2. The third-order valence-corrected chi connectivity index (χ3v) is 7.25. The number of rotatable bonds is 6. The molecule has 2 aromatic rings. The number of aliphatic hydroxyl groups excluding tert-OH is 2. The van der Waals surface area contributed by atoms with E-state index >= 15 is 0 Å². The first-order valence-electron chi connectivity index (χ1n) is 11.9. The van der Waals surface area contributed by atoms with Crippen molar-refractivity contribution in [3.63, 3.8) is 0 Å². The normalized spacial score (nSPS) is 20.1. The first-order chi connectivity index (χ1) is 16.8. The molecule has 3 aliphatic rings. The molecule has 1 fully saturated rings. The van der Waals surface area contributed by atoms with Crippen molar-refractivity contribution in [2.45, 2.75) is 32.2 Å². The van der Waals surface area contributed by atoms with Gasteiger partial charge in [-0.2, -0.15) is 0 Å². The maximum absolute atomic E-state index is 12.0. The van der Waals surface area contributed by atoms with Crippen LogP contribution in [0.3, 0.4) is 0 Å². The van der Waals surface area contributed by atoms with Crippen LogP contribution in [0.15, 0.2) is 42.7 Å². The summed E-state index contributed by atoms with van der Waals surface area (Å²) in [5.41, 5.74) is 5.35. The molecule has 0 aromatic heterocycles. The molecule has 0 aliphatic carbocycles. The van der Waals surface area contributed by atoms with E-state index in [-0.39, 0.29) is 12.6 Å². The standard InChI is InChI=1S/C27H30N2O6/c1-16-11-19-12-18(3-4-21(19)27(33)35-16)24(30)13-28-7-9-29(10-8-28)14-25(31)20-5-6-22-23(17(20)2)15-34-26(22)32/h3-6,12,24-25,30-31H,1,7-11,13-15H2,2H3/t24-,25+/m1/s1. The molecule has 8 nitrogen and oxygen atoms in total. The molecule has 5 rings (SSSR count). The molecule has 8 heteroatoms. The summed E-state index contributed by atoms with van der Waals surface area (Å²) < 4.78 is 10.2. The van der Waals surface area contributed by atoms with Gasteiger partial charge in [-0.25, -0.2) is 9.59 Å². The van der Waals surface area contributed by atoms with E-state index in [2.05, 4.69) is 16.4 Å². The Morgan fingerprint density at radius 1 is 0.943 bits per heavy atom. The van der Waals surface area contributed by atoms with Crippen LogP contribution in [0.5, 0.6) is 0 Å². The first kappa shape index (κ1) is 23.7. The van der Waals surface area contributed by atoms with Crippen molar-refractivity contribution in [2.75, 3.05) is 39.3 Å². The largest absolute Gasteiger partial charge is 0.457 e. The second-order valence-corrected chi connectivity index (χ2v) is 9.54. The van der Waals surface area contributed by atoms with Crippen LogP contribution in [0.1, 0.15) is 60.7 Å². The predicted molar refractivity (Wildman–Crippen MR) is 128 cm³/mol. The summed E-state index contributed by atoms with van der Waals surface area (Å²) in [4.78, 5) is 28.2. The van der Waals surface area contributed by atoms with Gasteiger partial charge in [-0.15, -0.1) is 0 Å². The van der Waals surface area contributed by atoms with E-state index in [1.54, 1.807) is 18.2 Å². The Hall–Kier alpha value is -3.04. The average Bonchev–Trinajstić information content (AvgIpc) is 3.21. The quantitative estimate of drug-likeness (QED) is 0.610. The fourth-order valence-electron chi connectivity index (χ4n) is 5.18. The molecule has 0 radical (unpaired) electrons. The molecule has 1 saturated heterocycles. The van der Waals surface area contributed by atoms with Crippen LogP contribution < -0.4 is 0 Å². The highest BCUT2D eigenvalue weighted by atomic mass is 16.5. The van der Waals surface area contributed by atoms with Gasteiger partial charge in [0.2, 0.25) is 0 Å². The van der Waals surface area contributed by atoms with Gasteiger partial charge in [-0.3, -0.25) is 9.80 Å². The molecule has 0 amide bonds. The monoisotopic (exact) mass is 478 g/mol. The topological polar surface area (TPSA) is 99.5 Å². The van der Waals surface area contributed by atoms with Crippen LogP contribution in [0.25, 0.3) is 0 Å². The summed E-state index contributed by atoms with van der Waals surface area (Å²) in [5.74, 6) is -0.275. The number of nitrogens with zero attached hydrogens (tertiary/aromatic N) is 2. The smallest absolute Gasteiger partial charge is 0.343 e. The summed E-state index contributed by atoms with van der Waals surface area (Å²) in [6.45, 7) is 10.1. The van der Waals surface area contributed by atoms with E-state index in [1.165, 1.54) is 0 Å². The summed E-state index contributed by atoms with van der Waals surface area (Å²) in [6.07, 6.45) is -0.844. The second kappa shape index (κ2) is 9.54. The number of cyclic esters (lactones) is 2. The lowest BCUT2D eigenvalue weighted by atomic mass is 9.95. The van der Waals surface area contributed by atoms with Crippen molar-refractivity contribution in [3.05, 3.63) is 81.6 Å². The van der Waals surface area contributed by atoms with Gasteiger partial charge >= 0.3 is 11.9 Å². The van der Waals surface area contributed by atoms with Crippen LogP contribution in [0, 0.1) is 6.92 Å². The van der Waals surface area contributed by atoms with Crippen LogP contribution in [-0.2, 0) is 22.5 Å². The van der Waals surface area contributed by atoms with Gasteiger partial charge in [-0.05, 0) is 41.3 Å². The van der Waals surface area contributed by atoms with Crippen molar-refractivity contribution in [3.8, 4) is 0 Å². The zero-order chi connectivity index (χ0) is 24.7. The fourth-order valence-corrected chi connectivity index (χ4v) is 5.18. The fraction of sp³-hybridized carbons (Fsp3) is 0.407. The molecule has 0 saturated carbocycles. The summed E-state index contributed by atoms with van der Waals surface area (Å²) >= 11 is 0. The Balaban J connectivity index is 1.15. The minimum Gasteiger partial charge on any atom is -0.457 e. The Morgan fingerprint density at radius 3 is 2.31 bits per heavy atom. The molecule has 3 heterocycles. The molecule has 2 atom stereocenters. The van der Waals surface area contributed by atoms with Crippen LogP contribution in [-0.4, -0.2) is 71.2 Å². The number of β-amino-alcohol motifs (C(OH)–C–C–N with tert-alkyl or cyclic N) is 2. The number of allylic oxidation sites excluding steroid dienone is 1. The van der Waals surface area contributed by atoms with Gasteiger partial charge < -0.3 is 19.7 Å². The molecular weight excluding hydrogens is 448 g/mol. The van der Waals surface area contributed by atoms with Crippen LogP contribution in [0.4, 0.5) is 0 Å². The van der Waals surface area contributed by atoms with E-state index in [0.29, 0.717) is 36.4 Å². The number of piperazine rings is 1. The molecule has 0 bridgehead atoms. The van der Waals surface area contributed by atoms with Gasteiger partial charge in [0.15, 0.2) is 0 Å². The van der Waals surface area contributed by atoms with Gasteiger partial charge in [-0.1, -0.05) is 24.8 Å². The van der Waals surface area contributed by atoms with Gasteiger partial charge in [0.25, 0.3) is 0 Å². The second-order valence-electron chi connectivity index (χ2n) is 9.54. The lowest BCUT2D eigenvalue weighted by Crippen LogP contribution is -2.48. The molecule has 0 spiro atoms. The lowest BCUT2D eigenvalue weighted by Gasteiger charge is -2.36. The maximum atomic E-state index is 12.0. The maximum Gasteiger partial charge on any atom is 0.343 e. The van der Waals surface area contributed by atoms with Crippen LogP contribution >= 0.6 is 0 Å². The van der Waals surface area contributed by atoms with Crippen molar-refractivity contribution in [1.82, 2.24) is 9.80 Å². The number of aliphatic hydroxyl groups is 2. The SMILES string of the molecule is C=C1Cc2cc([C@H](O)CN3CCN(C[C@H](O)c4ccc5c(c4C)COC5=O)CC3)ccc2C(=O)O1.